The van der Waals surface area contributed by atoms with Crippen LogP contribution in [0.4, 0.5) is 4.79 Å². The minimum absolute atomic E-state index is 0.176. The van der Waals surface area contributed by atoms with Crippen molar-refractivity contribution in [3.8, 4) is 0 Å². The lowest BCUT2D eigenvalue weighted by Gasteiger charge is -2.08. The molecule has 2 aromatic rings. The summed E-state index contributed by atoms with van der Waals surface area (Å²) >= 11 is 9.44. The molecule has 0 radical (unpaired) electrons. The summed E-state index contributed by atoms with van der Waals surface area (Å²) in [6, 6.07) is 15.3. The van der Waals surface area contributed by atoms with Crippen LogP contribution in [0.5, 0.6) is 0 Å². The molecule has 21 heavy (non-hydrogen) atoms. The first-order valence-electron chi connectivity index (χ1n) is 6.65. The standard InChI is InChI=1S/C16H16BrClN2O/c17-14-7-5-12(6-8-14)11-20-16(21)19-10-9-13-3-1-2-4-15(13)18/h1-8H,9-11H2,(H2,19,20,21). The molecule has 0 aliphatic carbocycles. The molecular formula is C16H16BrClN2O. The molecule has 0 heterocycles. The molecular weight excluding hydrogens is 352 g/mol. The van der Waals surface area contributed by atoms with Crippen molar-refractivity contribution in [2.75, 3.05) is 6.54 Å². The van der Waals surface area contributed by atoms with Crippen LogP contribution in [0.1, 0.15) is 11.1 Å². The summed E-state index contributed by atoms with van der Waals surface area (Å²) in [7, 11) is 0. The van der Waals surface area contributed by atoms with Crippen molar-refractivity contribution >= 4 is 33.6 Å². The summed E-state index contributed by atoms with van der Waals surface area (Å²) in [5.74, 6) is 0. The van der Waals surface area contributed by atoms with Crippen molar-refractivity contribution in [1.82, 2.24) is 10.6 Å². The molecule has 2 amide bonds. The molecule has 5 heteroatoms. The van der Waals surface area contributed by atoms with Crippen molar-refractivity contribution in [2.45, 2.75) is 13.0 Å². The maximum atomic E-state index is 11.7. The maximum absolute atomic E-state index is 11.7. The molecule has 3 nitrogen and oxygen atoms in total. The lowest BCUT2D eigenvalue weighted by Crippen LogP contribution is -2.36. The summed E-state index contributed by atoms with van der Waals surface area (Å²) in [5.41, 5.74) is 2.09. The second kappa shape index (κ2) is 8.05. The van der Waals surface area contributed by atoms with E-state index in [1.54, 1.807) is 0 Å². The molecule has 0 unspecified atom stereocenters. The highest BCUT2D eigenvalue weighted by molar-refractivity contribution is 9.10. The quantitative estimate of drug-likeness (QED) is 0.819. The van der Waals surface area contributed by atoms with E-state index in [1.807, 2.05) is 48.5 Å². The highest BCUT2D eigenvalue weighted by atomic mass is 79.9. The molecule has 0 saturated heterocycles. The Kier molecular flexibility index (Phi) is 6.08. The van der Waals surface area contributed by atoms with E-state index in [4.69, 9.17) is 11.6 Å². The van der Waals surface area contributed by atoms with E-state index in [1.165, 1.54) is 0 Å². The fraction of sp³-hybridized carbons (Fsp3) is 0.188. The van der Waals surface area contributed by atoms with Crippen molar-refractivity contribution < 1.29 is 4.79 Å². The van der Waals surface area contributed by atoms with Gasteiger partial charge >= 0.3 is 6.03 Å². The van der Waals surface area contributed by atoms with E-state index in [9.17, 15) is 4.79 Å². The molecule has 0 bridgehead atoms. The zero-order valence-electron chi connectivity index (χ0n) is 11.4. The molecule has 110 valence electrons. The Bertz CT molecular complexity index is 601. The summed E-state index contributed by atoms with van der Waals surface area (Å²) in [5, 5.41) is 6.37. The van der Waals surface area contributed by atoms with Gasteiger partial charge in [0, 0.05) is 22.6 Å². The fourth-order valence-corrected chi connectivity index (χ4v) is 2.35. The fourth-order valence-electron chi connectivity index (χ4n) is 1.86. The van der Waals surface area contributed by atoms with Crippen LogP contribution in [-0.2, 0) is 13.0 Å². The minimum atomic E-state index is -0.176. The Morgan fingerprint density at radius 3 is 2.48 bits per heavy atom. The van der Waals surface area contributed by atoms with Crippen molar-refractivity contribution in [1.29, 1.82) is 0 Å². The van der Waals surface area contributed by atoms with Crippen LogP contribution in [0.25, 0.3) is 0 Å². The molecule has 0 aromatic heterocycles. The van der Waals surface area contributed by atoms with Crippen LogP contribution in [0.3, 0.4) is 0 Å². The van der Waals surface area contributed by atoms with Gasteiger partial charge in [0.1, 0.15) is 0 Å². The normalized spacial score (nSPS) is 10.2. The van der Waals surface area contributed by atoms with E-state index in [2.05, 4.69) is 26.6 Å². The first-order chi connectivity index (χ1) is 10.1. The third-order valence-corrected chi connectivity index (χ3v) is 3.90. The van der Waals surface area contributed by atoms with Gasteiger partial charge in [-0.2, -0.15) is 0 Å². The number of urea groups is 1. The molecule has 0 fully saturated rings. The van der Waals surface area contributed by atoms with Crippen molar-refractivity contribution in [3.05, 3.63) is 69.2 Å². The van der Waals surface area contributed by atoms with E-state index in [-0.39, 0.29) is 6.03 Å². The van der Waals surface area contributed by atoms with Gasteiger partial charge < -0.3 is 10.6 Å². The Labute approximate surface area is 137 Å². The number of carbonyl (C=O) groups is 1. The Hall–Kier alpha value is -1.52. The minimum Gasteiger partial charge on any atom is -0.338 e. The van der Waals surface area contributed by atoms with Gasteiger partial charge in [-0.3, -0.25) is 0 Å². The van der Waals surface area contributed by atoms with Crippen LogP contribution < -0.4 is 10.6 Å². The second-order valence-electron chi connectivity index (χ2n) is 4.58. The molecule has 0 spiro atoms. The van der Waals surface area contributed by atoms with E-state index < -0.39 is 0 Å². The molecule has 0 saturated carbocycles. The van der Waals surface area contributed by atoms with Gasteiger partial charge in [0.2, 0.25) is 0 Å². The predicted molar refractivity (Wildman–Crippen MR) is 89.5 cm³/mol. The molecule has 2 N–H and O–H groups in total. The average molecular weight is 368 g/mol. The summed E-state index contributed by atoms with van der Waals surface area (Å²) in [4.78, 5) is 11.7. The summed E-state index contributed by atoms with van der Waals surface area (Å²) < 4.78 is 1.02. The molecule has 2 rings (SSSR count). The molecule has 0 aliphatic rings. The number of nitrogens with one attached hydrogen (secondary N) is 2. The zero-order chi connectivity index (χ0) is 15.1. The number of amides is 2. The van der Waals surface area contributed by atoms with Crippen LogP contribution >= 0.6 is 27.5 Å². The number of halogens is 2. The monoisotopic (exact) mass is 366 g/mol. The molecule has 2 aromatic carbocycles. The maximum Gasteiger partial charge on any atom is 0.315 e. The van der Waals surface area contributed by atoms with E-state index >= 15 is 0 Å². The average Bonchev–Trinajstić information content (AvgIpc) is 2.49. The largest absolute Gasteiger partial charge is 0.338 e. The number of hydrogen-bond donors (Lipinski definition) is 2. The van der Waals surface area contributed by atoms with Gasteiger partial charge in [-0.05, 0) is 35.7 Å². The lowest BCUT2D eigenvalue weighted by atomic mass is 10.1. The van der Waals surface area contributed by atoms with Crippen LogP contribution in [-0.4, -0.2) is 12.6 Å². The Balaban J connectivity index is 1.70. The zero-order valence-corrected chi connectivity index (χ0v) is 13.7. The van der Waals surface area contributed by atoms with Crippen molar-refractivity contribution in [2.24, 2.45) is 0 Å². The SMILES string of the molecule is O=C(NCCc1ccccc1Cl)NCc1ccc(Br)cc1. The first-order valence-corrected chi connectivity index (χ1v) is 7.82. The third kappa shape index (κ3) is 5.40. The summed E-state index contributed by atoms with van der Waals surface area (Å²) in [6.07, 6.45) is 0.714. The van der Waals surface area contributed by atoms with Gasteiger partial charge in [-0.15, -0.1) is 0 Å². The van der Waals surface area contributed by atoms with Crippen LogP contribution in [0.15, 0.2) is 53.0 Å². The van der Waals surface area contributed by atoms with Gasteiger partial charge in [0.25, 0.3) is 0 Å². The Morgan fingerprint density at radius 1 is 1.05 bits per heavy atom. The van der Waals surface area contributed by atoms with Crippen LogP contribution in [0.2, 0.25) is 5.02 Å². The topological polar surface area (TPSA) is 41.1 Å². The third-order valence-electron chi connectivity index (χ3n) is 3.00. The summed E-state index contributed by atoms with van der Waals surface area (Å²) in [6.45, 7) is 1.06. The van der Waals surface area contributed by atoms with E-state index in [0.29, 0.717) is 19.5 Å². The van der Waals surface area contributed by atoms with Gasteiger partial charge in [-0.25, -0.2) is 4.79 Å². The van der Waals surface area contributed by atoms with Crippen molar-refractivity contribution in [3.63, 3.8) is 0 Å². The number of rotatable bonds is 5. The predicted octanol–water partition coefficient (Wildman–Crippen LogP) is 4.14. The second-order valence-corrected chi connectivity index (χ2v) is 5.90. The molecule has 0 atom stereocenters. The highest BCUT2D eigenvalue weighted by Gasteiger charge is 2.02. The number of hydrogen-bond acceptors (Lipinski definition) is 1. The van der Waals surface area contributed by atoms with Gasteiger partial charge in [0.15, 0.2) is 0 Å². The van der Waals surface area contributed by atoms with Crippen LogP contribution in [0, 0.1) is 0 Å². The number of carbonyl (C=O) groups excluding carboxylic acids is 1. The smallest absolute Gasteiger partial charge is 0.315 e. The molecule has 0 aliphatic heterocycles. The van der Waals surface area contributed by atoms with Gasteiger partial charge in [-0.1, -0.05) is 57.9 Å². The lowest BCUT2D eigenvalue weighted by molar-refractivity contribution is 0.240. The Morgan fingerprint density at radius 2 is 1.76 bits per heavy atom. The number of benzene rings is 2. The van der Waals surface area contributed by atoms with Gasteiger partial charge in [0.05, 0.1) is 0 Å². The highest BCUT2D eigenvalue weighted by Crippen LogP contribution is 2.14. The first kappa shape index (κ1) is 15.9. The van der Waals surface area contributed by atoms with E-state index in [0.717, 1.165) is 20.6 Å².